The summed E-state index contributed by atoms with van der Waals surface area (Å²) in [5, 5.41) is 41.8. The highest BCUT2D eigenvalue weighted by Crippen LogP contribution is 1.98. The number of ether oxygens (including phenoxy) is 2. The van der Waals surface area contributed by atoms with E-state index in [1.165, 1.54) is 14.7 Å². The first kappa shape index (κ1) is 26.7. The molecule has 0 radical (unpaired) electrons. The van der Waals surface area contributed by atoms with Crippen LogP contribution in [0, 0.1) is 0 Å². The number of rotatable bonds is 16. The molecule has 0 aliphatic heterocycles. The van der Waals surface area contributed by atoms with Crippen molar-refractivity contribution in [3.05, 3.63) is 0 Å². The molecular weight excluding hydrogens is 394 g/mol. The maximum Gasteiger partial charge on any atom is 0.319 e. The van der Waals surface area contributed by atoms with Crippen LogP contribution in [0.25, 0.3) is 0 Å². The Balaban J connectivity index is 4.93. The van der Waals surface area contributed by atoms with Gasteiger partial charge in [-0.1, -0.05) is 0 Å². The third-order valence-electron chi connectivity index (χ3n) is 3.75. The van der Waals surface area contributed by atoms with Gasteiger partial charge in [0.15, 0.2) is 0 Å². The number of esters is 2. The Hall–Kier alpha value is -2.32. The first-order chi connectivity index (χ1) is 13.6. The topological polar surface area (TPSA) is 186 Å². The molecule has 0 saturated heterocycles. The Morgan fingerprint density at radius 1 is 0.759 bits per heavy atom. The number of hydrogen-bond acceptors (Lipinski definition) is 13. The number of carbonyl (C=O) groups is 4. The summed E-state index contributed by atoms with van der Waals surface area (Å²) in [4.78, 5) is 48.4. The smallest absolute Gasteiger partial charge is 0.319 e. The molecule has 0 fully saturated rings. The lowest BCUT2D eigenvalue weighted by Gasteiger charge is -2.31. The van der Waals surface area contributed by atoms with Crippen LogP contribution in [0.5, 0.6) is 0 Å². The second kappa shape index (κ2) is 14.6. The highest BCUT2D eigenvalue weighted by molar-refractivity contribution is 5.73. The van der Waals surface area contributed by atoms with Gasteiger partial charge >= 0.3 is 11.9 Å². The van der Waals surface area contributed by atoms with Crippen LogP contribution in [-0.4, -0.2) is 123 Å². The fourth-order valence-corrected chi connectivity index (χ4v) is 2.36. The van der Waals surface area contributed by atoms with Crippen molar-refractivity contribution in [3.63, 3.8) is 0 Å². The molecule has 1 N–H and O–H groups in total. The molecule has 0 saturated carbocycles. The molecule has 0 rings (SSSR count). The Kier molecular flexibility index (Phi) is 13.5. The van der Waals surface area contributed by atoms with E-state index in [2.05, 4.69) is 9.47 Å². The molecule has 0 bridgehead atoms. The Labute approximate surface area is 168 Å². The summed E-state index contributed by atoms with van der Waals surface area (Å²) in [6, 6.07) is 0. The molecule has 1 atom stereocenters. The minimum absolute atomic E-state index is 0.00244. The summed E-state index contributed by atoms with van der Waals surface area (Å²) in [5.74, 6) is -4.14. The molecule has 0 aromatic heterocycles. The molecule has 0 spiro atoms. The average Bonchev–Trinajstić information content (AvgIpc) is 2.61. The van der Waals surface area contributed by atoms with Crippen LogP contribution in [0.3, 0.4) is 0 Å². The zero-order valence-corrected chi connectivity index (χ0v) is 16.4. The van der Waals surface area contributed by atoms with Crippen molar-refractivity contribution in [3.8, 4) is 0 Å². The fourth-order valence-electron chi connectivity index (χ4n) is 2.36. The summed E-state index contributed by atoms with van der Waals surface area (Å²) >= 11 is 0. The number of carboxylic acids is 2. The Bertz CT molecular complexity index is 543. The van der Waals surface area contributed by atoms with Gasteiger partial charge in [-0.05, 0) is 6.29 Å². The van der Waals surface area contributed by atoms with Gasteiger partial charge in [-0.3, -0.25) is 24.3 Å². The highest BCUT2D eigenvalue weighted by atomic mass is 16.5. The van der Waals surface area contributed by atoms with Crippen LogP contribution in [-0.2, 0) is 28.7 Å². The fraction of sp³-hybridized carbons (Fsp3) is 0.750. The number of methoxy groups -OCH3 is 2. The molecule has 168 valence electrons. The number of carbonyl (C=O) groups excluding carboxylic acids is 4. The van der Waals surface area contributed by atoms with Crippen LogP contribution >= 0.6 is 0 Å². The lowest BCUT2D eigenvalue weighted by molar-refractivity contribution is -0.483. The summed E-state index contributed by atoms with van der Waals surface area (Å²) in [6.07, 6.45) is -1.96. The Morgan fingerprint density at radius 2 is 1.14 bits per heavy atom. The largest absolute Gasteiger partial charge is 0.830 e. The second-order valence-corrected chi connectivity index (χ2v) is 6.07. The first-order valence-electron chi connectivity index (χ1n) is 8.61. The van der Waals surface area contributed by atoms with E-state index in [-0.39, 0.29) is 45.8 Å². The van der Waals surface area contributed by atoms with Gasteiger partial charge in [-0.25, -0.2) is 0 Å². The van der Waals surface area contributed by atoms with Gasteiger partial charge in [0.1, 0.15) is 0 Å². The normalized spacial score (nSPS) is 12.2. The zero-order valence-electron chi connectivity index (χ0n) is 16.4. The SMILES string of the molecule is COC(=O)CN(CCN(CCN(CC(=O)OC)CC([O-])O)CC(=O)[O-])CC(=O)[O-]. The van der Waals surface area contributed by atoms with Gasteiger partial charge in [-0.15, -0.1) is 0 Å². The van der Waals surface area contributed by atoms with Gasteiger partial charge < -0.3 is 39.5 Å². The number of hydrogen-bond donors (Lipinski definition) is 1. The van der Waals surface area contributed by atoms with E-state index in [1.807, 2.05) is 0 Å². The number of carboxylic acid groups (broad SMARTS) is 2. The van der Waals surface area contributed by atoms with Gasteiger partial charge in [0.05, 0.1) is 39.2 Å². The van der Waals surface area contributed by atoms with Crippen molar-refractivity contribution >= 4 is 23.9 Å². The number of aliphatic carboxylic acids is 2. The van der Waals surface area contributed by atoms with Crippen LogP contribution in [0.2, 0.25) is 0 Å². The van der Waals surface area contributed by atoms with Crippen molar-refractivity contribution in [2.24, 2.45) is 0 Å². The average molecular weight is 420 g/mol. The lowest BCUT2D eigenvalue weighted by atomic mass is 10.3. The molecule has 0 aliphatic carbocycles. The van der Waals surface area contributed by atoms with Crippen molar-refractivity contribution in [1.29, 1.82) is 0 Å². The molecule has 13 heteroatoms. The van der Waals surface area contributed by atoms with Crippen LogP contribution in [0.4, 0.5) is 0 Å². The van der Waals surface area contributed by atoms with E-state index >= 15 is 0 Å². The van der Waals surface area contributed by atoms with E-state index in [9.17, 15) is 34.5 Å². The molecule has 0 aromatic rings. The van der Waals surface area contributed by atoms with Crippen LogP contribution in [0.1, 0.15) is 0 Å². The van der Waals surface area contributed by atoms with Gasteiger partial charge in [0.2, 0.25) is 0 Å². The van der Waals surface area contributed by atoms with Crippen molar-refractivity contribution < 1.29 is 49.1 Å². The predicted octanol–water partition coefficient (Wildman–Crippen LogP) is -6.58. The quantitative estimate of drug-likeness (QED) is 0.184. The molecule has 0 aromatic carbocycles. The van der Waals surface area contributed by atoms with Crippen LogP contribution < -0.4 is 15.3 Å². The van der Waals surface area contributed by atoms with E-state index in [4.69, 9.17) is 5.11 Å². The van der Waals surface area contributed by atoms with Gasteiger partial charge in [-0.2, -0.15) is 0 Å². The maximum atomic E-state index is 11.4. The zero-order chi connectivity index (χ0) is 22.4. The molecule has 0 amide bonds. The summed E-state index contributed by atoms with van der Waals surface area (Å²) in [6.45, 7) is -1.95. The minimum Gasteiger partial charge on any atom is -0.830 e. The lowest BCUT2D eigenvalue weighted by Crippen LogP contribution is -2.49. The Morgan fingerprint density at radius 3 is 1.55 bits per heavy atom. The highest BCUT2D eigenvalue weighted by Gasteiger charge is 2.16. The summed E-state index contributed by atoms with van der Waals surface area (Å²) < 4.78 is 8.98. The minimum atomic E-state index is -1.96. The monoisotopic (exact) mass is 420 g/mol. The van der Waals surface area contributed by atoms with E-state index in [0.717, 1.165) is 14.2 Å². The molecule has 1 unspecified atom stereocenters. The molecule has 13 nitrogen and oxygen atoms in total. The third kappa shape index (κ3) is 14.3. The molecule has 0 heterocycles. The van der Waals surface area contributed by atoms with Crippen LogP contribution in [0.15, 0.2) is 0 Å². The summed E-state index contributed by atoms with van der Waals surface area (Å²) in [7, 11) is 2.30. The standard InChI is InChI=1S/C16H28N3O10/c1-28-15(26)10-18(8-13(22)23)5-3-17(7-12(20)21)4-6-19(9-14(24)25)11-16(27)29-2/h13,22H,3-11H2,1-2H3,(H,20,21)(H,24,25)/q-1/p-2. The van der Waals surface area contributed by atoms with Gasteiger partial charge in [0.25, 0.3) is 0 Å². The molecule has 0 aliphatic rings. The summed E-state index contributed by atoms with van der Waals surface area (Å²) in [5.41, 5.74) is 0. The van der Waals surface area contributed by atoms with E-state index < -0.39 is 43.3 Å². The maximum absolute atomic E-state index is 11.4. The first-order valence-corrected chi connectivity index (χ1v) is 8.61. The number of aliphatic hydroxyl groups is 1. The van der Waals surface area contributed by atoms with Crippen molar-refractivity contribution in [1.82, 2.24) is 14.7 Å². The second-order valence-electron chi connectivity index (χ2n) is 6.07. The molecule has 29 heavy (non-hydrogen) atoms. The predicted molar refractivity (Wildman–Crippen MR) is 89.4 cm³/mol. The molecular formula is C16H26N3O10-3. The van der Waals surface area contributed by atoms with E-state index in [1.54, 1.807) is 0 Å². The number of aliphatic hydroxyl groups excluding tert-OH is 1. The number of nitrogens with zero attached hydrogens (tertiary/aromatic N) is 3. The van der Waals surface area contributed by atoms with Gasteiger partial charge in [0, 0.05) is 45.8 Å². The van der Waals surface area contributed by atoms with Crippen molar-refractivity contribution in [2.45, 2.75) is 6.29 Å². The van der Waals surface area contributed by atoms with E-state index in [0.29, 0.717) is 0 Å². The third-order valence-corrected chi connectivity index (χ3v) is 3.75. The van der Waals surface area contributed by atoms with Crippen molar-refractivity contribution in [2.75, 3.05) is 73.1 Å².